The van der Waals surface area contributed by atoms with Crippen LogP contribution in [0, 0.1) is 6.42 Å². The number of H-pyrrole nitrogens is 1. The molecule has 0 spiro atoms. The average Bonchev–Trinajstić information content (AvgIpc) is 2.89. The molecule has 7 heteroatoms. The molecule has 0 aliphatic carbocycles. The quantitative estimate of drug-likeness (QED) is 0.765. The van der Waals surface area contributed by atoms with Crippen molar-refractivity contribution in [2.45, 2.75) is 6.42 Å². The van der Waals surface area contributed by atoms with Crippen LogP contribution in [0.3, 0.4) is 0 Å². The van der Waals surface area contributed by atoms with Gasteiger partial charge in [-0.05, 0) is 17.7 Å². The summed E-state index contributed by atoms with van der Waals surface area (Å²) in [5, 5.41) is 2.60. The monoisotopic (exact) mass is 273 g/mol. The zero-order chi connectivity index (χ0) is 14.4. The average molecular weight is 273 g/mol. The molecule has 2 rings (SSSR count). The summed E-state index contributed by atoms with van der Waals surface area (Å²) in [6.45, 7) is 0. The van der Waals surface area contributed by atoms with Gasteiger partial charge in [0, 0.05) is 25.2 Å². The first-order valence-electron chi connectivity index (χ1n) is 5.83. The van der Waals surface area contributed by atoms with Crippen molar-refractivity contribution in [1.82, 2.24) is 9.97 Å². The van der Waals surface area contributed by atoms with Crippen molar-refractivity contribution in [3.05, 3.63) is 48.6 Å². The van der Waals surface area contributed by atoms with Crippen LogP contribution in [0.2, 0.25) is 0 Å². The number of amides is 2. The van der Waals surface area contributed by atoms with E-state index in [0.29, 0.717) is 11.7 Å². The van der Waals surface area contributed by atoms with Crippen molar-refractivity contribution in [2.75, 3.05) is 5.32 Å². The van der Waals surface area contributed by atoms with Crippen molar-refractivity contribution in [2.24, 2.45) is 5.73 Å². The number of imidazole rings is 1. The van der Waals surface area contributed by atoms with Crippen molar-refractivity contribution in [3.8, 4) is 5.75 Å². The summed E-state index contributed by atoms with van der Waals surface area (Å²) < 4.78 is 4.75. The molecule has 0 saturated heterocycles. The summed E-state index contributed by atoms with van der Waals surface area (Å²) in [5.74, 6) is 0.521. The molecule has 1 aromatic carbocycles. The van der Waals surface area contributed by atoms with Crippen LogP contribution < -0.4 is 15.8 Å². The fraction of sp³-hybridized carbons (Fsp3) is 0.0769. The molecule has 0 unspecified atom stereocenters. The molecule has 0 saturated carbocycles. The zero-order valence-electron chi connectivity index (χ0n) is 10.5. The summed E-state index contributed by atoms with van der Waals surface area (Å²) in [6.07, 6.45) is 4.15. The van der Waals surface area contributed by atoms with Gasteiger partial charge in [0.2, 0.25) is 11.9 Å². The fourth-order valence-corrected chi connectivity index (χ4v) is 1.55. The molecule has 0 aliphatic heterocycles. The standard InChI is InChI=1S/C13H13N4O3/c14-12(19)20-10-3-1-2-9(8-10)4-5-11(18)17-13-15-6-7-16-13/h1-4,6-8H,5H2,(H2,14,19)(H2,15,16,17,18). The molecule has 1 radical (unpaired) electrons. The third kappa shape index (κ3) is 4.13. The number of carbonyl (C=O) groups excluding carboxylic acids is 2. The molecular formula is C13H13N4O3. The Hall–Kier alpha value is -2.83. The number of carbonyl (C=O) groups is 2. The predicted molar refractivity (Wildman–Crippen MR) is 71.9 cm³/mol. The maximum atomic E-state index is 11.6. The van der Waals surface area contributed by atoms with E-state index in [1.807, 2.05) is 0 Å². The SMILES string of the molecule is NC(=O)Oc1cccc([CH]CC(=O)Nc2ncc[nH]2)c1. The fourth-order valence-electron chi connectivity index (χ4n) is 1.55. The molecule has 2 aromatic rings. The largest absolute Gasteiger partial charge is 0.410 e. The molecule has 1 heterocycles. The Balaban J connectivity index is 1.87. The van der Waals surface area contributed by atoms with Gasteiger partial charge < -0.3 is 15.5 Å². The highest BCUT2D eigenvalue weighted by atomic mass is 16.5. The molecule has 103 valence electrons. The van der Waals surface area contributed by atoms with E-state index in [-0.39, 0.29) is 12.3 Å². The Kier molecular flexibility index (Phi) is 4.33. The maximum Gasteiger partial charge on any atom is 0.409 e. The second-order valence-corrected chi connectivity index (χ2v) is 3.89. The van der Waals surface area contributed by atoms with Crippen LogP contribution >= 0.6 is 0 Å². The number of aromatic amines is 1. The van der Waals surface area contributed by atoms with Crippen LogP contribution in [0.4, 0.5) is 10.7 Å². The molecule has 0 aliphatic rings. The maximum absolute atomic E-state index is 11.6. The lowest BCUT2D eigenvalue weighted by molar-refractivity contribution is -0.115. The molecule has 1 aromatic heterocycles. The molecule has 2 amide bonds. The number of rotatable bonds is 5. The Labute approximate surface area is 115 Å². The highest BCUT2D eigenvalue weighted by Gasteiger charge is 2.06. The number of ether oxygens (including phenoxy) is 1. The number of hydrogen-bond acceptors (Lipinski definition) is 4. The smallest absolute Gasteiger partial charge is 0.409 e. The Morgan fingerprint density at radius 1 is 1.45 bits per heavy atom. The van der Waals surface area contributed by atoms with E-state index in [1.54, 1.807) is 43.1 Å². The molecule has 0 atom stereocenters. The summed E-state index contributed by atoms with van der Waals surface area (Å²) >= 11 is 0. The highest BCUT2D eigenvalue weighted by Crippen LogP contribution is 2.16. The van der Waals surface area contributed by atoms with E-state index in [0.717, 1.165) is 5.56 Å². The van der Waals surface area contributed by atoms with Crippen LogP contribution in [-0.4, -0.2) is 22.0 Å². The van der Waals surface area contributed by atoms with Gasteiger partial charge in [0.1, 0.15) is 5.75 Å². The van der Waals surface area contributed by atoms with Crippen LogP contribution in [0.25, 0.3) is 0 Å². The van der Waals surface area contributed by atoms with Crippen LogP contribution in [0.1, 0.15) is 12.0 Å². The van der Waals surface area contributed by atoms with Gasteiger partial charge in [-0.2, -0.15) is 0 Å². The molecule has 20 heavy (non-hydrogen) atoms. The van der Waals surface area contributed by atoms with Crippen LogP contribution in [-0.2, 0) is 4.79 Å². The van der Waals surface area contributed by atoms with Crippen molar-refractivity contribution < 1.29 is 14.3 Å². The number of nitrogens with one attached hydrogen (secondary N) is 2. The van der Waals surface area contributed by atoms with E-state index in [2.05, 4.69) is 15.3 Å². The summed E-state index contributed by atoms with van der Waals surface area (Å²) in [5.41, 5.74) is 5.68. The minimum atomic E-state index is -0.877. The van der Waals surface area contributed by atoms with Gasteiger partial charge in [-0.15, -0.1) is 0 Å². The van der Waals surface area contributed by atoms with Gasteiger partial charge in [0.15, 0.2) is 0 Å². The lowest BCUT2D eigenvalue weighted by Gasteiger charge is -2.04. The summed E-state index contributed by atoms with van der Waals surface area (Å²) in [7, 11) is 0. The topological polar surface area (TPSA) is 110 Å². The number of hydrogen-bond donors (Lipinski definition) is 3. The van der Waals surface area contributed by atoms with Gasteiger partial charge in [-0.1, -0.05) is 12.1 Å². The van der Waals surface area contributed by atoms with Crippen LogP contribution in [0.15, 0.2) is 36.7 Å². The molecular weight excluding hydrogens is 260 g/mol. The Morgan fingerprint density at radius 2 is 2.30 bits per heavy atom. The van der Waals surface area contributed by atoms with Gasteiger partial charge in [0.25, 0.3) is 0 Å². The molecule has 0 fully saturated rings. The Bertz CT molecular complexity index is 595. The first kappa shape index (κ1) is 13.6. The first-order chi connectivity index (χ1) is 9.63. The highest BCUT2D eigenvalue weighted by molar-refractivity contribution is 5.90. The number of anilines is 1. The number of nitrogens with zero attached hydrogens (tertiary/aromatic N) is 1. The van der Waals surface area contributed by atoms with Gasteiger partial charge >= 0.3 is 6.09 Å². The van der Waals surface area contributed by atoms with E-state index in [4.69, 9.17) is 10.5 Å². The second kappa shape index (κ2) is 6.37. The predicted octanol–water partition coefficient (Wildman–Crippen LogP) is 1.45. The molecule has 0 bridgehead atoms. The number of nitrogens with two attached hydrogens (primary N) is 1. The first-order valence-corrected chi connectivity index (χ1v) is 5.83. The molecule has 7 nitrogen and oxygen atoms in total. The van der Waals surface area contributed by atoms with E-state index in [1.165, 1.54) is 0 Å². The van der Waals surface area contributed by atoms with Gasteiger partial charge in [-0.25, -0.2) is 9.78 Å². The minimum absolute atomic E-state index is 0.167. The van der Waals surface area contributed by atoms with E-state index < -0.39 is 6.09 Å². The zero-order valence-corrected chi connectivity index (χ0v) is 10.5. The normalized spacial score (nSPS) is 10.0. The Morgan fingerprint density at radius 3 is 3.00 bits per heavy atom. The van der Waals surface area contributed by atoms with Crippen molar-refractivity contribution >= 4 is 17.9 Å². The van der Waals surface area contributed by atoms with Gasteiger partial charge in [-0.3, -0.25) is 10.1 Å². The lowest BCUT2D eigenvalue weighted by atomic mass is 10.1. The number of benzene rings is 1. The van der Waals surface area contributed by atoms with Gasteiger partial charge in [0.05, 0.1) is 0 Å². The number of primary amides is 1. The minimum Gasteiger partial charge on any atom is -0.410 e. The number of aromatic nitrogens is 2. The molecule has 4 N–H and O–H groups in total. The van der Waals surface area contributed by atoms with Crippen molar-refractivity contribution in [1.29, 1.82) is 0 Å². The summed E-state index contributed by atoms with van der Waals surface area (Å²) in [4.78, 5) is 28.9. The third-order valence-corrected chi connectivity index (χ3v) is 2.36. The van der Waals surface area contributed by atoms with Crippen LogP contribution in [0.5, 0.6) is 5.75 Å². The van der Waals surface area contributed by atoms with E-state index in [9.17, 15) is 9.59 Å². The van der Waals surface area contributed by atoms with E-state index >= 15 is 0 Å². The third-order valence-electron chi connectivity index (χ3n) is 2.36. The second-order valence-electron chi connectivity index (χ2n) is 3.89. The lowest BCUT2D eigenvalue weighted by Crippen LogP contribution is -2.16. The summed E-state index contributed by atoms with van der Waals surface area (Å²) in [6, 6.07) is 6.71. The van der Waals surface area contributed by atoms with Crippen molar-refractivity contribution in [3.63, 3.8) is 0 Å².